The van der Waals surface area contributed by atoms with Crippen molar-refractivity contribution in [3.05, 3.63) is 18.5 Å². The van der Waals surface area contributed by atoms with E-state index in [0.717, 1.165) is 19.4 Å². The molecule has 1 atom stereocenters. The van der Waals surface area contributed by atoms with Gasteiger partial charge in [0, 0.05) is 25.0 Å². The maximum Gasteiger partial charge on any atom is 0.251 e. The van der Waals surface area contributed by atoms with Crippen LogP contribution >= 0.6 is 0 Å². The molecule has 3 rings (SSSR count). The topological polar surface area (TPSA) is 67.4 Å². The van der Waals surface area contributed by atoms with E-state index in [1.54, 1.807) is 18.5 Å². The molecule has 0 bridgehead atoms. The molecule has 108 valence electrons. The molecule has 6 nitrogen and oxygen atoms in total. The Balaban J connectivity index is 1.58. The molecule has 0 radical (unpaired) electrons. The molecule has 1 aromatic heterocycles. The van der Waals surface area contributed by atoms with Gasteiger partial charge in [-0.1, -0.05) is 12.8 Å². The number of rotatable bonds is 3. The molecular weight excluding hydrogens is 256 g/mol. The van der Waals surface area contributed by atoms with Gasteiger partial charge < -0.3 is 15.0 Å². The van der Waals surface area contributed by atoms with Gasteiger partial charge in [-0.3, -0.25) is 4.79 Å². The van der Waals surface area contributed by atoms with Crippen molar-refractivity contribution in [2.24, 2.45) is 0 Å². The molecule has 1 aliphatic heterocycles. The van der Waals surface area contributed by atoms with Crippen molar-refractivity contribution in [3.8, 4) is 0 Å². The van der Waals surface area contributed by atoms with Crippen molar-refractivity contribution in [1.29, 1.82) is 0 Å². The first-order valence-corrected chi connectivity index (χ1v) is 7.27. The van der Waals surface area contributed by atoms with E-state index in [9.17, 15) is 4.79 Å². The van der Waals surface area contributed by atoms with Crippen LogP contribution in [0.1, 0.15) is 25.7 Å². The van der Waals surface area contributed by atoms with E-state index in [0.29, 0.717) is 25.1 Å². The SMILES string of the molecule is O=C(NC1CCCC1)[C@@H]1CN(c2ncccn2)CCO1. The van der Waals surface area contributed by atoms with E-state index >= 15 is 0 Å². The summed E-state index contributed by atoms with van der Waals surface area (Å²) < 4.78 is 5.59. The Morgan fingerprint density at radius 3 is 2.80 bits per heavy atom. The largest absolute Gasteiger partial charge is 0.365 e. The lowest BCUT2D eigenvalue weighted by Gasteiger charge is -2.32. The maximum atomic E-state index is 12.2. The van der Waals surface area contributed by atoms with Gasteiger partial charge in [0.2, 0.25) is 5.95 Å². The Bertz CT molecular complexity index is 448. The second-order valence-electron chi connectivity index (χ2n) is 5.34. The van der Waals surface area contributed by atoms with Crippen LogP contribution in [0.3, 0.4) is 0 Å². The van der Waals surface area contributed by atoms with Gasteiger partial charge >= 0.3 is 0 Å². The third-order valence-electron chi connectivity index (χ3n) is 3.90. The average Bonchev–Trinajstić information content (AvgIpc) is 3.01. The Morgan fingerprint density at radius 1 is 1.30 bits per heavy atom. The molecule has 20 heavy (non-hydrogen) atoms. The minimum absolute atomic E-state index is 0.00229. The summed E-state index contributed by atoms with van der Waals surface area (Å²) in [6.45, 7) is 1.76. The minimum Gasteiger partial charge on any atom is -0.365 e. The second-order valence-corrected chi connectivity index (χ2v) is 5.34. The highest BCUT2D eigenvalue weighted by Crippen LogP contribution is 2.18. The fourth-order valence-corrected chi connectivity index (χ4v) is 2.81. The summed E-state index contributed by atoms with van der Waals surface area (Å²) in [7, 11) is 0. The van der Waals surface area contributed by atoms with Gasteiger partial charge in [-0.15, -0.1) is 0 Å². The van der Waals surface area contributed by atoms with Crippen molar-refractivity contribution in [3.63, 3.8) is 0 Å². The lowest BCUT2D eigenvalue weighted by molar-refractivity contribution is -0.134. The predicted molar refractivity (Wildman–Crippen MR) is 74.4 cm³/mol. The third kappa shape index (κ3) is 3.07. The number of amides is 1. The van der Waals surface area contributed by atoms with Crippen LogP contribution in [0.2, 0.25) is 0 Å². The molecule has 0 unspecified atom stereocenters. The first kappa shape index (κ1) is 13.3. The third-order valence-corrected chi connectivity index (χ3v) is 3.90. The van der Waals surface area contributed by atoms with Gasteiger partial charge in [0.25, 0.3) is 5.91 Å². The number of nitrogens with one attached hydrogen (secondary N) is 1. The first-order valence-electron chi connectivity index (χ1n) is 7.27. The molecule has 1 aliphatic carbocycles. The smallest absolute Gasteiger partial charge is 0.251 e. The fraction of sp³-hybridized carbons (Fsp3) is 0.643. The zero-order chi connectivity index (χ0) is 13.8. The van der Waals surface area contributed by atoms with Crippen molar-refractivity contribution in [2.45, 2.75) is 37.8 Å². The molecule has 1 N–H and O–H groups in total. The fourth-order valence-electron chi connectivity index (χ4n) is 2.81. The van der Waals surface area contributed by atoms with Gasteiger partial charge in [0.15, 0.2) is 6.10 Å². The molecule has 1 saturated carbocycles. The number of morpholine rings is 1. The van der Waals surface area contributed by atoms with Crippen LogP contribution in [0, 0.1) is 0 Å². The summed E-state index contributed by atoms with van der Waals surface area (Å²) in [5, 5.41) is 3.09. The summed E-state index contributed by atoms with van der Waals surface area (Å²) >= 11 is 0. The Hall–Kier alpha value is -1.69. The number of anilines is 1. The highest BCUT2D eigenvalue weighted by molar-refractivity contribution is 5.82. The van der Waals surface area contributed by atoms with Gasteiger partial charge in [-0.2, -0.15) is 0 Å². The summed E-state index contributed by atoms with van der Waals surface area (Å²) in [6, 6.07) is 2.11. The van der Waals surface area contributed by atoms with E-state index in [-0.39, 0.29) is 5.91 Å². The number of nitrogens with zero attached hydrogens (tertiary/aromatic N) is 3. The van der Waals surface area contributed by atoms with E-state index in [4.69, 9.17) is 4.74 Å². The van der Waals surface area contributed by atoms with Crippen LogP contribution in [0.5, 0.6) is 0 Å². The van der Waals surface area contributed by atoms with Gasteiger partial charge in [0.05, 0.1) is 13.2 Å². The molecule has 1 amide bonds. The Morgan fingerprint density at radius 2 is 2.05 bits per heavy atom. The summed E-state index contributed by atoms with van der Waals surface area (Å²) in [5.74, 6) is 0.659. The van der Waals surface area contributed by atoms with Crippen molar-refractivity contribution in [1.82, 2.24) is 15.3 Å². The summed E-state index contributed by atoms with van der Waals surface area (Å²) in [5.41, 5.74) is 0. The Kier molecular flexibility index (Phi) is 4.11. The average molecular weight is 276 g/mol. The highest BCUT2D eigenvalue weighted by Gasteiger charge is 2.29. The van der Waals surface area contributed by atoms with E-state index in [1.165, 1.54) is 12.8 Å². The van der Waals surface area contributed by atoms with Crippen LogP contribution in [0.4, 0.5) is 5.95 Å². The molecule has 0 aromatic carbocycles. The van der Waals surface area contributed by atoms with Gasteiger partial charge in [0.1, 0.15) is 0 Å². The molecule has 1 aromatic rings. The zero-order valence-electron chi connectivity index (χ0n) is 11.5. The van der Waals surface area contributed by atoms with Crippen LogP contribution in [-0.2, 0) is 9.53 Å². The predicted octanol–water partition coefficient (Wildman–Crippen LogP) is 0.741. The molecule has 2 aliphatic rings. The zero-order valence-corrected chi connectivity index (χ0v) is 11.5. The van der Waals surface area contributed by atoms with Crippen LogP contribution < -0.4 is 10.2 Å². The summed E-state index contributed by atoms with van der Waals surface area (Å²) in [6.07, 6.45) is 7.60. The number of hydrogen-bond acceptors (Lipinski definition) is 5. The van der Waals surface area contributed by atoms with E-state index < -0.39 is 6.10 Å². The molecule has 2 fully saturated rings. The number of aromatic nitrogens is 2. The number of hydrogen-bond donors (Lipinski definition) is 1. The summed E-state index contributed by atoms with van der Waals surface area (Å²) in [4.78, 5) is 22.7. The maximum absolute atomic E-state index is 12.2. The van der Waals surface area contributed by atoms with Crippen LogP contribution in [0.15, 0.2) is 18.5 Å². The standard InChI is InChI=1S/C14H20N4O2/c19-13(17-11-4-1-2-5-11)12-10-18(8-9-20-12)14-15-6-3-7-16-14/h3,6-7,11-12H,1-2,4-5,8-10H2,(H,17,19)/t12-/m0/s1. The second kappa shape index (κ2) is 6.17. The van der Waals surface area contributed by atoms with Crippen LogP contribution in [-0.4, -0.2) is 47.7 Å². The number of carbonyl (C=O) groups excluding carboxylic acids is 1. The molecule has 6 heteroatoms. The Labute approximate surface area is 118 Å². The quantitative estimate of drug-likeness (QED) is 0.882. The van der Waals surface area contributed by atoms with Crippen molar-refractivity contribution < 1.29 is 9.53 Å². The molecular formula is C14H20N4O2. The normalized spacial score (nSPS) is 23.8. The van der Waals surface area contributed by atoms with Crippen molar-refractivity contribution in [2.75, 3.05) is 24.6 Å². The lowest BCUT2D eigenvalue weighted by atomic mass is 10.2. The highest BCUT2D eigenvalue weighted by atomic mass is 16.5. The number of ether oxygens (including phenoxy) is 1. The first-order chi connectivity index (χ1) is 9.83. The van der Waals surface area contributed by atoms with Gasteiger partial charge in [-0.25, -0.2) is 9.97 Å². The molecule has 1 saturated heterocycles. The van der Waals surface area contributed by atoms with Crippen LogP contribution in [0.25, 0.3) is 0 Å². The van der Waals surface area contributed by atoms with Crippen molar-refractivity contribution >= 4 is 11.9 Å². The van der Waals surface area contributed by atoms with E-state index in [1.807, 2.05) is 4.90 Å². The number of carbonyl (C=O) groups is 1. The molecule has 2 heterocycles. The van der Waals surface area contributed by atoms with Gasteiger partial charge in [-0.05, 0) is 18.9 Å². The van der Waals surface area contributed by atoms with E-state index in [2.05, 4.69) is 15.3 Å². The monoisotopic (exact) mass is 276 g/mol. The molecule has 0 spiro atoms. The minimum atomic E-state index is -0.423. The lowest BCUT2D eigenvalue weighted by Crippen LogP contribution is -2.51.